The van der Waals surface area contributed by atoms with Gasteiger partial charge in [-0.3, -0.25) is 9.10 Å². The van der Waals surface area contributed by atoms with Gasteiger partial charge in [0.1, 0.15) is 0 Å². The highest BCUT2D eigenvalue weighted by Crippen LogP contribution is 2.32. The molecule has 0 fully saturated rings. The predicted octanol–water partition coefficient (Wildman–Crippen LogP) is 4.84. The Morgan fingerprint density at radius 1 is 0.967 bits per heavy atom. The number of sulfonamides is 1. The minimum absolute atomic E-state index is 0.0433. The molecule has 0 spiro atoms. The van der Waals surface area contributed by atoms with Crippen molar-refractivity contribution in [3.63, 3.8) is 0 Å². The van der Waals surface area contributed by atoms with Crippen LogP contribution in [0.4, 0.5) is 11.4 Å². The molecule has 0 saturated carbocycles. The minimum atomic E-state index is -3.80. The van der Waals surface area contributed by atoms with Gasteiger partial charge in [0, 0.05) is 12.7 Å². The Labute approximate surface area is 185 Å². The summed E-state index contributed by atoms with van der Waals surface area (Å²) in [7, 11) is -2.33. The zero-order valence-electron chi connectivity index (χ0n) is 15.9. The zero-order valence-corrected chi connectivity index (χ0v) is 18.2. The molecule has 0 aliphatic rings. The summed E-state index contributed by atoms with van der Waals surface area (Å²) in [4.78, 5) is 12.3. The van der Waals surface area contributed by atoms with Gasteiger partial charge in [-0.25, -0.2) is 8.42 Å². The molecule has 0 atom stereocenters. The van der Waals surface area contributed by atoms with Crippen LogP contribution in [0.2, 0.25) is 10.0 Å². The Morgan fingerprint density at radius 2 is 1.60 bits per heavy atom. The van der Waals surface area contributed by atoms with E-state index in [4.69, 9.17) is 27.9 Å². The lowest BCUT2D eigenvalue weighted by Crippen LogP contribution is -2.26. The zero-order chi connectivity index (χ0) is 21.7. The molecule has 0 aliphatic heterocycles. The molecule has 0 saturated heterocycles. The number of para-hydroxylation sites is 2. The molecule has 0 aromatic heterocycles. The van der Waals surface area contributed by atoms with Crippen LogP contribution in [0.1, 0.15) is 0 Å². The van der Waals surface area contributed by atoms with E-state index in [1.54, 1.807) is 60.7 Å². The monoisotopic (exact) mass is 464 g/mol. The van der Waals surface area contributed by atoms with Crippen molar-refractivity contribution in [2.75, 3.05) is 23.3 Å². The number of ether oxygens (including phenoxy) is 1. The molecule has 0 unspecified atom stereocenters. The Morgan fingerprint density at radius 3 is 2.27 bits per heavy atom. The van der Waals surface area contributed by atoms with E-state index in [0.717, 1.165) is 0 Å². The van der Waals surface area contributed by atoms with Crippen LogP contribution in [0.3, 0.4) is 0 Å². The van der Waals surface area contributed by atoms with Gasteiger partial charge in [-0.2, -0.15) is 0 Å². The lowest BCUT2D eigenvalue weighted by atomic mass is 10.3. The standard InChI is InChI=1S/C21H18Cl2N2O4S/c1-25(16-8-3-2-4-9-16)30(27,28)17-10-5-7-15(13-17)24-20(26)14-29-21-18(22)11-6-12-19(21)23/h2-13H,14H2,1H3,(H,24,26). The number of nitrogens with one attached hydrogen (secondary N) is 1. The maximum atomic E-state index is 12.9. The first-order valence-electron chi connectivity index (χ1n) is 8.80. The fraction of sp³-hybridized carbons (Fsp3) is 0.0952. The van der Waals surface area contributed by atoms with E-state index in [-0.39, 0.29) is 27.3 Å². The van der Waals surface area contributed by atoms with Crippen molar-refractivity contribution in [2.45, 2.75) is 4.90 Å². The van der Waals surface area contributed by atoms with Crippen LogP contribution in [-0.4, -0.2) is 28.0 Å². The highest BCUT2D eigenvalue weighted by Gasteiger charge is 2.21. The summed E-state index contributed by atoms with van der Waals surface area (Å²) in [6.07, 6.45) is 0. The van der Waals surface area contributed by atoms with Crippen LogP contribution >= 0.6 is 23.2 Å². The van der Waals surface area contributed by atoms with Crippen molar-refractivity contribution in [3.8, 4) is 5.75 Å². The topological polar surface area (TPSA) is 75.7 Å². The molecule has 0 heterocycles. The van der Waals surface area contributed by atoms with E-state index >= 15 is 0 Å². The molecule has 0 radical (unpaired) electrons. The maximum absolute atomic E-state index is 12.9. The molecule has 30 heavy (non-hydrogen) atoms. The molecule has 3 aromatic carbocycles. The number of hydrogen-bond donors (Lipinski definition) is 1. The highest BCUT2D eigenvalue weighted by molar-refractivity contribution is 7.92. The Hall–Kier alpha value is -2.74. The third kappa shape index (κ3) is 5.05. The number of nitrogens with zero attached hydrogens (tertiary/aromatic N) is 1. The summed E-state index contributed by atoms with van der Waals surface area (Å²) >= 11 is 12.0. The van der Waals surface area contributed by atoms with Crippen molar-refractivity contribution in [1.29, 1.82) is 0 Å². The van der Waals surface area contributed by atoms with E-state index in [9.17, 15) is 13.2 Å². The SMILES string of the molecule is CN(c1ccccc1)S(=O)(=O)c1cccc(NC(=O)COc2c(Cl)cccc2Cl)c1. The summed E-state index contributed by atoms with van der Waals surface area (Å²) in [5.74, 6) is -0.284. The summed E-state index contributed by atoms with van der Waals surface area (Å²) in [5.41, 5.74) is 0.841. The Balaban J connectivity index is 1.71. The van der Waals surface area contributed by atoms with Crippen molar-refractivity contribution >= 4 is 50.5 Å². The van der Waals surface area contributed by atoms with E-state index in [1.807, 2.05) is 0 Å². The molecule has 1 amide bonds. The second-order valence-corrected chi connectivity index (χ2v) is 9.01. The Bertz CT molecular complexity index is 1130. The maximum Gasteiger partial charge on any atom is 0.264 e. The van der Waals surface area contributed by atoms with Gasteiger partial charge in [-0.1, -0.05) is 53.5 Å². The second kappa shape index (κ2) is 9.38. The highest BCUT2D eigenvalue weighted by atomic mass is 35.5. The average Bonchev–Trinajstić information content (AvgIpc) is 2.73. The third-order valence-corrected chi connectivity index (χ3v) is 6.54. The van der Waals surface area contributed by atoms with Gasteiger partial charge in [-0.15, -0.1) is 0 Å². The fourth-order valence-corrected chi connectivity index (χ4v) is 4.37. The molecule has 156 valence electrons. The van der Waals surface area contributed by atoms with Crippen LogP contribution in [0.5, 0.6) is 5.75 Å². The lowest BCUT2D eigenvalue weighted by molar-refractivity contribution is -0.118. The number of hydrogen-bond acceptors (Lipinski definition) is 4. The molecule has 0 aliphatic carbocycles. The number of benzene rings is 3. The van der Waals surface area contributed by atoms with Crippen LogP contribution in [0.25, 0.3) is 0 Å². The molecule has 1 N–H and O–H groups in total. The summed E-state index contributed by atoms with van der Waals surface area (Å²) < 4.78 is 32.4. The first-order valence-corrected chi connectivity index (χ1v) is 11.0. The molecule has 0 bridgehead atoms. The van der Waals surface area contributed by atoms with E-state index in [2.05, 4.69) is 5.32 Å². The predicted molar refractivity (Wildman–Crippen MR) is 119 cm³/mol. The minimum Gasteiger partial charge on any atom is -0.481 e. The van der Waals surface area contributed by atoms with Crippen molar-refractivity contribution in [3.05, 3.63) is 82.8 Å². The number of anilines is 2. The van der Waals surface area contributed by atoms with Gasteiger partial charge < -0.3 is 10.1 Å². The van der Waals surface area contributed by atoms with Crippen LogP contribution in [-0.2, 0) is 14.8 Å². The van der Waals surface area contributed by atoms with Gasteiger partial charge >= 0.3 is 0 Å². The molecule has 6 nitrogen and oxygen atoms in total. The summed E-state index contributed by atoms with van der Waals surface area (Å²) in [6, 6.07) is 19.5. The van der Waals surface area contributed by atoms with Gasteiger partial charge in [0.25, 0.3) is 15.9 Å². The molecule has 9 heteroatoms. The van der Waals surface area contributed by atoms with Gasteiger partial charge in [-0.05, 0) is 42.5 Å². The molecular weight excluding hydrogens is 447 g/mol. The van der Waals surface area contributed by atoms with Crippen LogP contribution in [0, 0.1) is 0 Å². The average molecular weight is 465 g/mol. The number of amides is 1. The Kier molecular flexibility index (Phi) is 6.87. The third-order valence-electron chi connectivity index (χ3n) is 4.16. The van der Waals surface area contributed by atoms with Crippen molar-refractivity contribution < 1.29 is 17.9 Å². The lowest BCUT2D eigenvalue weighted by Gasteiger charge is -2.20. The van der Waals surface area contributed by atoms with E-state index in [0.29, 0.717) is 11.4 Å². The molecular formula is C21H18Cl2N2O4S. The number of halogens is 2. The normalized spacial score (nSPS) is 11.0. The summed E-state index contributed by atoms with van der Waals surface area (Å²) in [6.45, 7) is -0.343. The quantitative estimate of drug-likeness (QED) is 0.542. The molecule has 3 rings (SSSR count). The van der Waals surface area contributed by atoms with Crippen LogP contribution in [0.15, 0.2) is 77.7 Å². The second-order valence-electron chi connectivity index (χ2n) is 6.22. The van der Waals surface area contributed by atoms with Gasteiger partial charge in [0.2, 0.25) is 0 Å². The first-order chi connectivity index (χ1) is 14.3. The number of rotatable bonds is 7. The molecule has 3 aromatic rings. The fourth-order valence-electron chi connectivity index (χ4n) is 2.62. The van der Waals surface area contributed by atoms with Crippen molar-refractivity contribution in [2.24, 2.45) is 0 Å². The van der Waals surface area contributed by atoms with Gasteiger partial charge in [0.05, 0.1) is 20.6 Å². The number of carbonyl (C=O) groups excluding carboxylic acids is 1. The number of carbonyl (C=O) groups is 1. The first kappa shape index (κ1) is 22.0. The van der Waals surface area contributed by atoms with Gasteiger partial charge in [0.15, 0.2) is 12.4 Å². The van der Waals surface area contributed by atoms with Crippen molar-refractivity contribution in [1.82, 2.24) is 0 Å². The largest absolute Gasteiger partial charge is 0.481 e. The summed E-state index contributed by atoms with van der Waals surface area (Å²) in [5, 5.41) is 3.18. The van der Waals surface area contributed by atoms with Crippen LogP contribution < -0.4 is 14.4 Å². The smallest absolute Gasteiger partial charge is 0.264 e. The van der Waals surface area contributed by atoms with E-state index < -0.39 is 15.9 Å². The van der Waals surface area contributed by atoms with E-state index in [1.165, 1.54) is 23.5 Å².